The molecule has 0 amide bonds. The first-order valence-corrected chi connectivity index (χ1v) is 7.92. The van der Waals surface area contributed by atoms with E-state index in [1.54, 1.807) is 0 Å². The molecule has 21 heavy (non-hydrogen) atoms. The Morgan fingerprint density at radius 2 is 2.05 bits per heavy atom. The van der Waals surface area contributed by atoms with Crippen LogP contribution in [0.1, 0.15) is 50.1 Å². The molecule has 0 fully saturated rings. The molecule has 1 atom stereocenters. The van der Waals surface area contributed by atoms with Gasteiger partial charge in [-0.25, -0.2) is 0 Å². The Morgan fingerprint density at radius 1 is 1.24 bits per heavy atom. The van der Waals surface area contributed by atoms with Gasteiger partial charge in [-0.3, -0.25) is 4.68 Å². The van der Waals surface area contributed by atoms with E-state index in [2.05, 4.69) is 61.5 Å². The van der Waals surface area contributed by atoms with Gasteiger partial charge in [0.2, 0.25) is 0 Å². The Balaban J connectivity index is 2.27. The summed E-state index contributed by atoms with van der Waals surface area (Å²) in [7, 11) is 1.97. The number of benzene rings is 1. The van der Waals surface area contributed by atoms with Crippen molar-refractivity contribution in [2.24, 2.45) is 13.0 Å². The summed E-state index contributed by atoms with van der Waals surface area (Å²) in [6, 6.07) is 11.2. The molecule has 0 saturated carbocycles. The first-order chi connectivity index (χ1) is 10.1. The smallest absolute Gasteiger partial charge is 0.0839 e. The topological polar surface area (TPSA) is 29.9 Å². The minimum Gasteiger partial charge on any atom is -0.305 e. The number of aryl methyl sites for hydroxylation is 1. The molecule has 2 rings (SSSR count). The molecule has 0 spiro atoms. The second-order valence-electron chi connectivity index (χ2n) is 6.14. The third-order valence-electron chi connectivity index (χ3n) is 3.56. The maximum absolute atomic E-state index is 4.59. The van der Waals surface area contributed by atoms with Crippen LogP contribution in [-0.2, 0) is 13.5 Å². The van der Waals surface area contributed by atoms with Crippen LogP contribution < -0.4 is 5.32 Å². The highest BCUT2D eigenvalue weighted by molar-refractivity contribution is 5.31. The molecule has 0 aliphatic heterocycles. The molecule has 0 bridgehead atoms. The Hall–Kier alpha value is -1.61. The summed E-state index contributed by atoms with van der Waals surface area (Å²) in [5.41, 5.74) is 3.80. The van der Waals surface area contributed by atoms with Gasteiger partial charge in [-0.15, -0.1) is 0 Å². The van der Waals surface area contributed by atoms with Crippen molar-refractivity contribution in [3.63, 3.8) is 0 Å². The zero-order valence-corrected chi connectivity index (χ0v) is 13.6. The quantitative estimate of drug-likeness (QED) is 0.840. The molecule has 1 unspecified atom stereocenters. The largest absolute Gasteiger partial charge is 0.305 e. The summed E-state index contributed by atoms with van der Waals surface area (Å²) in [5.74, 6) is 0.678. The van der Waals surface area contributed by atoms with E-state index >= 15 is 0 Å². The molecule has 2 aromatic rings. The van der Waals surface area contributed by atoms with Gasteiger partial charge in [0.25, 0.3) is 0 Å². The first kappa shape index (κ1) is 15.8. The second kappa shape index (κ2) is 7.41. The summed E-state index contributed by atoms with van der Waals surface area (Å²) in [5, 5.41) is 8.21. The van der Waals surface area contributed by atoms with Crippen molar-refractivity contribution in [1.29, 1.82) is 0 Å². The average Bonchev–Trinajstić information content (AvgIpc) is 2.85. The predicted molar refractivity (Wildman–Crippen MR) is 88.3 cm³/mol. The van der Waals surface area contributed by atoms with Gasteiger partial charge in [0.15, 0.2) is 0 Å². The van der Waals surface area contributed by atoms with Gasteiger partial charge in [0.05, 0.1) is 11.7 Å². The van der Waals surface area contributed by atoms with E-state index in [9.17, 15) is 0 Å². The number of aromatic nitrogens is 2. The zero-order valence-electron chi connectivity index (χ0n) is 13.6. The highest BCUT2D eigenvalue weighted by Crippen LogP contribution is 2.22. The minimum absolute atomic E-state index is 0.179. The third-order valence-corrected chi connectivity index (χ3v) is 3.56. The molecule has 1 aromatic heterocycles. The van der Waals surface area contributed by atoms with Crippen LogP contribution in [-0.4, -0.2) is 16.3 Å². The number of hydrogen-bond donors (Lipinski definition) is 1. The van der Waals surface area contributed by atoms with Crippen molar-refractivity contribution in [3.05, 3.63) is 53.3 Å². The number of nitrogens with zero attached hydrogens (tertiary/aromatic N) is 2. The van der Waals surface area contributed by atoms with Gasteiger partial charge >= 0.3 is 0 Å². The molecule has 3 heteroatoms. The maximum atomic E-state index is 4.59. The Bertz CT molecular complexity index is 557. The molecule has 0 aliphatic carbocycles. The fourth-order valence-corrected chi connectivity index (χ4v) is 2.64. The van der Waals surface area contributed by atoms with Crippen LogP contribution in [0.5, 0.6) is 0 Å². The first-order valence-electron chi connectivity index (χ1n) is 7.92. The Morgan fingerprint density at radius 3 is 2.67 bits per heavy atom. The monoisotopic (exact) mass is 285 g/mol. The fourth-order valence-electron chi connectivity index (χ4n) is 2.64. The fraction of sp³-hybridized carbons (Fsp3) is 0.500. The van der Waals surface area contributed by atoms with E-state index in [1.165, 1.54) is 11.1 Å². The molecule has 0 saturated heterocycles. The lowest BCUT2D eigenvalue weighted by molar-refractivity contribution is 0.574. The minimum atomic E-state index is 0.179. The highest BCUT2D eigenvalue weighted by atomic mass is 15.3. The molecular weight excluding hydrogens is 258 g/mol. The molecule has 1 aromatic carbocycles. The van der Waals surface area contributed by atoms with Crippen LogP contribution in [0, 0.1) is 5.92 Å². The lowest BCUT2D eigenvalue weighted by atomic mass is 9.97. The highest BCUT2D eigenvalue weighted by Gasteiger charge is 2.16. The molecule has 114 valence electrons. The number of hydrogen-bond acceptors (Lipinski definition) is 2. The van der Waals surface area contributed by atoms with Crippen LogP contribution in [0.4, 0.5) is 0 Å². The molecule has 0 aliphatic rings. The van der Waals surface area contributed by atoms with Crippen molar-refractivity contribution in [3.8, 4) is 0 Å². The molecular formula is C18H27N3. The van der Waals surface area contributed by atoms with E-state index in [1.807, 2.05) is 17.9 Å². The van der Waals surface area contributed by atoms with Gasteiger partial charge in [-0.1, -0.05) is 45.0 Å². The summed E-state index contributed by atoms with van der Waals surface area (Å²) < 4.78 is 1.87. The van der Waals surface area contributed by atoms with E-state index in [4.69, 9.17) is 0 Å². The van der Waals surface area contributed by atoms with E-state index in [0.717, 1.165) is 25.1 Å². The van der Waals surface area contributed by atoms with E-state index in [0.29, 0.717) is 5.92 Å². The predicted octanol–water partition coefficient (Wildman–Crippen LogP) is 3.71. The molecule has 1 N–H and O–H groups in total. The second-order valence-corrected chi connectivity index (χ2v) is 6.14. The summed E-state index contributed by atoms with van der Waals surface area (Å²) in [4.78, 5) is 0. The normalized spacial score (nSPS) is 12.8. The molecule has 1 heterocycles. The maximum Gasteiger partial charge on any atom is 0.0839 e. The molecule has 3 nitrogen and oxygen atoms in total. The van der Waals surface area contributed by atoms with Crippen LogP contribution in [0.3, 0.4) is 0 Å². The lowest BCUT2D eigenvalue weighted by Crippen LogP contribution is -2.24. The van der Waals surface area contributed by atoms with Gasteiger partial charge in [-0.2, -0.15) is 5.10 Å². The van der Waals surface area contributed by atoms with Gasteiger partial charge < -0.3 is 5.32 Å². The van der Waals surface area contributed by atoms with Crippen molar-refractivity contribution in [1.82, 2.24) is 15.1 Å². The van der Waals surface area contributed by atoms with Gasteiger partial charge in [0, 0.05) is 13.2 Å². The van der Waals surface area contributed by atoms with Crippen molar-refractivity contribution >= 4 is 0 Å². The van der Waals surface area contributed by atoms with Crippen LogP contribution in [0.25, 0.3) is 0 Å². The lowest BCUT2D eigenvalue weighted by Gasteiger charge is -2.18. The van der Waals surface area contributed by atoms with Crippen molar-refractivity contribution in [2.45, 2.75) is 39.7 Å². The standard InChI is InChI=1S/C18H27N3/c1-5-10-19-18(17-9-11-21(4)20-17)16-8-6-7-15(13-16)12-14(2)3/h6-9,11,13-14,18-19H,5,10,12H2,1-4H3. The molecule has 0 radical (unpaired) electrons. The van der Waals surface area contributed by atoms with E-state index in [-0.39, 0.29) is 6.04 Å². The SMILES string of the molecule is CCCNC(c1cccc(CC(C)C)c1)c1ccn(C)n1. The van der Waals surface area contributed by atoms with E-state index < -0.39 is 0 Å². The summed E-state index contributed by atoms with van der Waals surface area (Å²) >= 11 is 0. The van der Waals surface area contributed by atoms with Gasteiger partial charge in [0.1, 0.15) is 0 Å². The number of rotatable bonds is 7. The Labute approximate surface area is 128 Å². The van der Waals surface area contributed by atoms with Gasteiger partial charge in [-0.05, 0) is 42.5 Å². The average molecular weight is 285 g/mol. The zero-order chi connectivity index (χ0) is 15.2. The van der Waals surface area contributed by atoms with Crippen molar-refractivity contribution in [2.75, 3.05) is 6.54 Å². The third kappa shape index (κ3) is 4.43. The summed E-state index contributed by atoms with van der Waals surface area (Å²) in [6.07, 6.45) is 4.25. The Kier molecular flexibility index (Phi) is 5.57. The number of nitrogens with one attached hydrogen (secondary N) is 1. The van der Waals surface area contributed by atoms with Crippen LogP contribution in [0.15, 0.2) is 36.5 Å². The van der Waals surface area contributed by atoms with Crippen molar-refractivity contribution < 1.29 is 0 Å². The van der Waals surface area contributed by atoms with Crippen LogP contribution >= 0.6 is 0 Å². The van der Waals surface area contributed by atoms with Crippen LogP contribution in [0.2, 0.25) is 0 Å². The summed E-state index contributed by atoms with van der Waals surface area (Å²) in [6.45, 7) is 7.71.